The topological polar surface area (TPSA) is 71.1 Å². The van der Waals surface area contributed by atoms with Gasteiger partial charge in [0.15, 0.2) is 0 Å². The summed E-state index contributed by atoms with van der Waals surface area (Å²) in [7, 11) is 0. The number of rotatable bonds is 6. The van der Waals surface area contributed by atoms with Gasteiger partial charge in [-0.25, -0.2) is 4.39 Å². The third-order valence-electron chi connectivity index (χ3n) is 2.93. The molecule has 5 nitrogen and oxygen atoms in total. The summed E-state index contributed by atoms with van der Waals surface area (Å²) in [5.74, 6) is -0.745. The molecule has 0 bridgehead atoms. The van der Waals surface area contributed by atoms with Gasteiger partial charge in [-0.05, 0) is 29.8 Å². The van der Waals surface area contributed by atoms with Gasteiger partial charge in [0.05, 0.1) is 12.0 Å². The molecule has 0 spiro atoms. The van der Waals surface area contributed by atoms with Gasteiger partial charge < -0.3 is 10.6 Å². The van der Waals surface area contributed by atoms with E-state index in [2.05, 4.69) is 15.6 Å². The molecule has 1 aromatic heterocycles. The maximum atomic E-state index is 12.7. The van der Waals surface area contributed by atoms with E-state index in [1.165, 1.54) is 18.3 Å². The van der Waals surface area contributed by atoms with Gasteiger partial charge in [0.2, 0.25) is 5.91 Å². The zero-order valence-electron chi connectivity index (χ0n) is 11.9. The van der Waals surface area contributed by atoms with Crippen LogP contribution in [-0.2, 0) is 11.2 Å². The maximum Gasteiger partial charge on any atom is 0.252 e. The van der Waals surface area contributed by atoms with Gasteiger partial charge in [-0.1, -0.05) is 12.1 Å². The zero-order chi connectivity index (χ0) is 15.8. The molecule has 1 aromatic carbocycles. The largest absolute Gasteiger partial charge is 0.354 e. The van der Waals surface area contributed by atoms with Crippen molar-refractivity contribution >= 4 is 11.8 Å². The quantitative estimate of drug-likeness (QED) is 0.790. The Morgan fingerprint density at radius 3 is 2.45 bits per heavy atom. The third kappa shape index (κ3) is 4.97. The molecular formula is C16H16FN3O2. The summed E-state index contributed by atoms with van der Waals surface area (Å²) in [5.41, 5.74) is 1.21. The Bertz CT molecular complexity index is 630. The fraction of sp³-hybridized carbons (Fsp3) is 0.188. The van der Waals surface area contributed by atoms with Crippen LogP contribution in [0.2, 0.25) is 0 Å². The average molecular weight is 301 g/mol. The van der Waals surface area contributed by atoms with Crippen molar-refractivity contribution in [2.75, 3.05) is 13.1 Å². The molecule has 0 fully saturated rings. The zero-order valence-corrected chi connectivity index (χ0v) is 11.9. The summed E-state index contributed by atoms with van der Waals surface area (Å²) in [6.45, 7) is 0.648. The smallest absolute Gasteiger partial charge is 0.252 e. The average Bonchev–Trinajstić information content (AvgIpc) is 2.54. The molecule has 0 radical (unpaired) electrons. The number of halogens is 1. The Labute approximate surface area is 127 Å². The van der Waals surface area contributed by atoms with Crippen LogP contribution >= 0.6 is 0 Å². The summed E-state index contributed by atoms with van der Waals surface area (Å²) >= 11 is 0. The van der Waals surface area contributed by atoms with Crippen LogP contribution in [0.1, 0.15) is 15.9 Å². The lowest BCUT2D eigenvalue weighted by atomic mass is 10.1. The summed E-state index contributed by atoms with van der Waals surface area (Å²) in [6, 6.07) is 9.11. The SMILES string of the molecule is O=C(Cc1ccc(F)cc1)NCCNC(=O)c1cccnc1. The van der Waals surface area contributed by atoms with E-state index in [1.807, 2.05) is 0 Å². The van der Waals surface area contributed by atoms with Gasteiger partial charge in [-0.15, -0.1) is 0 Å². The minimum atomic E-state index is -0.331. The molecule has 0 aliphatic heterocycles. The second-order valence-corrected chi connectivity index (χ2v) is 4.65. The Morgan fingerprint density at radius 2 is 1.77 bits per heavy atom. The van der Waals surface area contributed by atoms with E-state index in [0.717, 1.165) is 5.56 Å². The molecule has 22 heavy (non-hydrogen) atoms. The predicted molar refractivity (Wildman–Crippen MR) is 79.7 cm³/mol. The first kappa shape index (κ1) is 15.6. The first-order chi connectivity index (χ1) is 10.6. The molecular weight excluding hydrogens is 285 g/mol. The van der Waals surface area contributed by atoms with E-state index in [-0.39, 0.29) is 24.1 Å². The summed E-state index contributed by atoms with van der Waals surface area (Å²) in [5, 5.41) is 5.37. The monoisotopic (exact) mass is 301 g/mol. The van der Waals surface area contributed by atoms with Gasteiger partial charge in [0.1, 0.15) is 5.82 Å². The number of carbonyl (C=O) groups is 2. The second kappa shape index (κ2) is 7.87. The normalized spacial score (nSPS) is 10.0. The van der Waals surface area contributed by atoms with Crippen LogP contribution in [-0.4, -0.2) is 29.9 Å². The molecule has 0 atom stereocenters. The van der Waals surface area contributed by atoms with Crippen molar-refractivity contribution in [2.45, 2.75) is 6.42 Å². The number of carbonyl (C=O) groups excluding carboxylic acids is 2. The number of amides is 2. The molecule has 6 heteroatoms. The number of pyridine rings is 1. The molecule has 2 N–H and O–H groups in total. The van der Waals surface area contributed by atoms with Gasteiger partial charge in [-0.2, -0.15) is 0 Å². The number of hydrogen-bond acceptors (Lipinski definition) is 3. The van der Waals surface area contributed by atoms with E-state index in [9.17, 15) is 14.0 Å². The minimum Gasteiger partial charge on any atom is -0.354 e. The van der Waals surface area contributed by atoms with Crippen molar-refractivity contribution < 1.29 is 14.0 Å². The van der Waals surface area contributed by atoms with E-state index < -0.39 is 0 Å². The second-order valence-electron chi connectivity index (χ2n) is 4.65. The van der Waals surface area contributed by atoms with E-state index in [0.29, 0.717) is 18.7 Å². The lowest BCUT2D eigenvalue weighted by Gasteiger charge is -2.07. The molecule has 2 rings (SSSR count). The first-order valence-electron chi connectivity index (χ1n) is 6.84. The molecule has 2 amide bonds. The molecule has 1 heterocycles. The van der Waals surface area contributed by atoms with Crippen LogP contribution in [0.25, 0.3) is 0 Å². The Balaban J connectivity index is 1.67. The summed E-state index contributed by atoms with van der Waals surface area (Å²) in [6.07, 6.45) is 3.24. The Hall–Kier alpha value is -2.76. The number of hydrogen-bond donors (Lipinski definition) is 2. The fourth-order valence-corrected chi connectivity index (χ4v) is 1.83. The van der Waals surface area contributed by atoms with Crippen LogP contribution < -0.4 is 10.6 Å². The highest BCUT2D eigenvalue weighted by molar-refractivity contribution is 5.93. The van der Waals surface area contributed by atoms with Crippen LogP contribution in [0.4, 0.5) is 4.39 Å². The Kier molecular flexibility index (Phi) is 5.59. The standard InChI is InChI=1S/C16H16FN3O2/c17-14-5-3-12(4-6-14)10-15(21)19-8-9-20-16(22)13-2-1-7-18-11-13/h1-7,11H,8-10H2,(H,19,21)(H,20,22). The lowest BCUT2D eigenvalue weighted by Crippen LogP contribution is -2.35. The molecule has 0 aliphatic rings. The number of benzene rings is 1. The van der Waals surface area contributed by atoms with Crippen molar-refractivity contribution in [1.29, 1.82) is 0 Å². The summed E-state index contributed by atoms with van der Waals surface area (Å²) < 4.78 is 12.7. The molecule has 2 aromatic rings. The number of nitrogens with zero attached hydrogens (tertiary/aromatic N) is 1. The molecule has 114 valence electrons. The van der Waals surface area contributed by atoms with Gasteiger partial charge in [-0.3, -0.25) is 14.6 Å². The van der Waals surface area contributed by atoms with E-state index in [1.54, 1.807) is 30.5 Å². The molecule has 0 saturated heterocycles. The van der Waals surface area contributed by atoms with E-state index in [4.69, 9.17) is 0 Å². The van der Waals surface area contributed by atoms with Crippen molar-refractivity contribution in [3.63, 3.8) is 0 Å². The van der Waals surface area contributed by atoms with Gasteiger partial charge in [0.25, 0.3) is 5.91 Å². The predicted octanol–water partition coefficient (Wildman–Crippen LogP) is 1.31. The fourth-order valence-electron chi connectivity index (χ4n) is 1.83. The van der Waals surface area contributed by atoms with Crippen LogP contribution in [0.15, 0.2) is 48.8 Å². The molecule has 0 aliphatic carbocycles. The van der Waals surface area contributed by atoms with Crippen LogP contribution in [0.3, 0.4) is 0 Å². The van der Waals surface area contributed by atoms with Crippen molar-refractivity contribution in [3.05, 3.63) is 65.7 Å². The highest BCUT2D eigenvalue weighted by Gasteiger charge is 2.05. The van der Waals surface area contributed by atoms with Gasteiger partial charge in [0, 0.05) is 25.5 Å². The summed E-state index contributed by atoms with van der Waals surface area (Å²) in [4.78, 5) is 27.3. The van der Waals surface area contributed by atoms with Gasteiger partial charge >= 0.3 is 0 Å². The van der Waals surface area contributed by atoms with Crippen molar-refractivity contribution in [3.8, 4) is 0 Å². The highest BCUT2D eigenvalue weighted by Crippen LogP contribution is 2.03. The van der Waals surface area contributed by atoms with Crippen LogP contribution in [0, 0.1) is 5.82 Å². The first-order valence-corrected chi connectivity index (χ1v) is 6.84. The maximum absolute atomic E-state index is 12.7. The minimum absolute atomic E-state index is 0.177. The number of nitrogens with one attached hydrogen (secondary N) is 2. The van der Waals surface area contributed by atoms with Crippen molar-refractivity contribution in [1.82, 2.24) is 15.6 Å². The lowest BCUT2D eigenvalue weighted by molar-refractivity contribution is -0.120. The Morgan fingerprint density at radius 1 is 1.05 bits per heavy atom. The van der Waals surface area contributed by atoms with E-state index >= 15 is 0 Å². The van der Waals surface area contributed by atoms with Crippen LogP contribution in [0.5, 0.6) is 0 Å². The third-order valence-corrected chi connectivity index (χ3v) is 2.93. The molecule has 0 saturated carbocycles. The number of aromatic nitrogens is 1. The van der Waals surface area contributed by atoms with Crippen molar-refractivity contribution in [2.24, 2.45) is 0 Å². The highest BCUT2D eigenvalue weighted by atomic mass is 19.1. The molecule has 0 unspecified atom stereocenters.